The lowest BCUT2D eigenvalue weighted by atomic mass is 9.98. The van der Waals surface area contributed by atoms with Gasteiger partial charge in [-0.25, -0.2) is 8.78 Å². The molecule has 1 aromatic carbocycles. The second kappa shape index (κ2) is 6.70. The summed E-state index contributed by atoms with van der Waals surface area (Å²) >= 11 is 0. The highest BCUT2D eigenvalue weighted by molar-refractivity contribution is 5.26. The molecule has 0 heterocycles. The number of alkyl halides is 2. The minimum absolute atomic E-state index is 0.536. The van der Waals surface area contributed by atoms with Gasteiger partial charge in [-0.3, -0.25) is 0 Å². The van der Waals surface area contributed by atoms with E-state index in [4.69, 9.17) is 0 Å². The van der Waals surface area contributed by atoms with Crippen molar-refractivity contribution in [1.29, 1.82) is 0 Å². The highest BCUT2D eigenvalue weighted by Crippen LogP contribution is 2.22. The summed E-state index contributed by atoms with van der Waals surface area (Å²) in [5.74, 6) is 0.536. The van der Waals surface area contributed by atoms with E-state index in [1.165, 1.54) is 0 Å². The van der Waals surface area contributed by atoms with Crippen LogP contribution in [0.1, 0.15) is 37.9 Å². The summed E-state index contributed by atoms with van der Waals surface area (Å²) in [6.45, 7) is 6.64. The van der Waals surface area contributed by atoms with Crippen LogP contribution in [-0.2, 0) is 6.42 Å². The van der Waals surface area contributed by atoms with Gasteiger partial charge >= 0.3 is 0 Å². The van der Waals surface area contributed by atoms with Crippen LogP contribution >= 0.6 is 0 Å². The Hall–Kier alpha value is -0.960. The topological polar surface area (TPSA) is 12.0 Å². The Morgan fingerprint density at radius 3 is 2.47 bits per heavy atom. The molecule has 1 rings (SSSR count). The summed E-state index contributed by atoms with van der Waals surface area (Å²) in [6, 6.07) is 6.66. The van der Waals surface area contributed by atoms with Gasteiger partial charge in [-0.1, -0.05) is 45.0 Å². The number of rotatable bonds is 6. The maximum absolute atomic E-state index is 12.9. The molecule has 0 aliphatic rings. The highest BCUT2D eigenvalue weighted by Gasteiger charge is 2.21. The first-order valence-corrected chi connectivity index (χ1v) is 6.15. The largest absolute Gasteiger partial charge is 0.306 e. The van der Waals surface area contributed by atoms with Crippen molar-refractivity contribution in [2.45, 2.75) is 39.7 Å². The van der Waals surface area contributed by atoms with Crippen molar-refractivity contribution in [3.8, 4) is 0 Å². The molecule has 96 valence electrons. The molecule has 3 heteroatoms. The summed E-state index contributed by atoms with van der Waals surface area (Å²) in [5.41, 5.74) is 1.81. The molecular weight excluding hydrogens is 220 g/mol. The number of halogens is 2. The summed E-state index contributed by atoms with van der Waals surface area (Å²) < 4.78 is 25.8. The van der Waals surface area contributed by atoms with Crippen LogP contribution in [0, 0.1) is 5.92 Å². The van der Waals surface area contributed by atoms with Gasteiger partial charge in [0.15, 0.2) is 0 Å². The zero-order valence-corrected chi connectivity index (χ0v) is 10.7. The van der Waals surface area contributed by atoms with E-state index in [-0.39, 0.29) is 0 Å². The van der Waals surface area contributed by atoms with Crippen LogP contribution in [0.25, 0.3) is 0 Å². The van der Waals surface area contributed by atoms with Crippen LogP contribution in [0.15, 0.2) is 24.3 Å². The van der Waals surface area contributed by atoms with Gasteiger partial charge in [0.1, 0.15) is 0 Å². The van der Waals surface area contributed by atoms with Crippen molar-refractivity contribution < 1.29 is 8.78 Å². The molecule has 1 atom stereocenters. The molecule has 0 aliphatic heterocycles. The van der Waals surface area contributed by atoms with E-state index in [1.807, 2.05) is 25.1 Å². The van der Waals surface area contributed by atoms with E-state index in [9.17, 15) is 8.78 Å². The fourth-order valence-electron chi connectivity index (χ4n) is 1.96. The number of nitrogens with one attached hydrogen (secondary N) is 1. The first-order valence-electron chi connectivity index (χ1n) is 6.15. The molecule has 1 N–H and O–H groups in total. The Morgan fingerprint density at radius 1 is 1.24 bits per heavy atom. The number of hydrogen-bond donors (Lipinski definition) is 1. The summed E-state index contributed by atoms with van der Waals surface area (Å²) in [4.78, 5) is 0. The molecule has 0 spiro atoms. The monoisotopic (exact) mass is 241 g/mol. The Balaban J connectivity index is 2.87. The maximum Gasteiger partial charge on any atom is 0.257 e. The van der Waals surface area contributed by atoms with Gasteiger partial charge in [-0.05, 0) is 30.0 Å². The molecule has 0 bridgehead atoms. The Morgan fingerprint density at radius 2 is 1.94 bits per heavy atom. The maximum atomic E-state index is 12.9. The van der Waals surface area contributed by atoms with Crippen LogP contribution < -0.4 is 5.32 Å². The zero-order valence-electron chi connectivity index (χ0n) is 10.7. The normalized spacial score (nSPS) is 13.4. The van der Waals surface area contributed by atoms with Gasteiger partial charge in [-0.2, -0.15) is 0 Å². The second-order valence-corrected chi connectivity index (χ2v) is 4.71. The molecular formula is C14H21F2N. The highest BCUT2D eigenvalue weighted by atomic mass is 19.3. The quantitative estimate of drug-likeness (QED) is 0.798. The third-order valence-electron chi connectivity index (χ3n) is 2.63. The zero-order chi connectivity index (χ0) is 12.8. The molecule has 1 aromatic rings. The van der Waals surface area contributed by atoms with Crippen LogP contribution in [0.3, 0.4) is 0 Å². The van der Waals surface area contributed by atoms with Gasteiger partial charge in [0.25, 0.3) is 6.43 Å². The van der Waals surface area contributed by atoms with Crippen molar-refractivity contribution in [3.63, 3.8) is 0 Å². The molecule has 0 aromatic heterocycles. The average Bonchev–Trinajstić information content (AvgIpc) is 2.24. The van der Waals surface area contributed by atoms with Crippen LogP contribution in [0.2, 0.25) is 0 Å². The van der Waals surface area contributed by atoms with E-state index in [0.717, 1.165) is 12.0 Å². The van der Waals surface area contributed by atoms with Gasteiger partial charge in [-0.15, -0.1) is 0 Å². The fourth-order valence-corrected chi connectivity index (χ4v) is 1.96. The van der Waals surface area contributed by atoms with Gasteiger partial charge in [0, 0.05) is 0 Å². The van der Waals surface area contributed by atoms with E-state index in [2.05, 4.69) is 19.2 Å². The SMILES string of the molecule is CCNC(c1cccc(CC(C)C)c1)C(F)F. The minimum atomic E-state index is -2.37. The average molecular weight is 241 g/mol. The van der Waals surface area contributed by atoms with E-state index in [0.29, 0.717) is 18.0 Å². The van der Waals surface area contributed by atoms with Crippen molar-refractivity contribution in [2.75, 3.05) is 6.54 Å². The summed E-state index contributed by atoms with van der Waals surface area (Å²) in [7, 11) is 0. The Labute approximate surface area is 102 Å². The standard InChI is InChI=1S/C14H21F2N/c1-4-17-13(14(15)16)12-7-5-6-11(9-12)8-10(2)3/h5-7,9-10,13-14,17H,4,8H2,1-3H3. The number of benzene rings is 1. The summed E-state index contributed by atoms with van der Waals surface area (Å²) in [6.07, 6.45) is -1.44. The molecule has 1 unspecified atom stereocenters. The van der Waals surface area contributed by atoms with Crippen LogP contribution in [0.4, 0.5) is 8.78 Å². The first-order chi connectivity index (χ1) is 8.04. The molecule has 0 saturated carbocycles. The lowest BCUT2D eigenvalue weighted by molar-refractivity contribution is 0.0992. The Bertz CT molecular complexity index is 337. The molecule has 0 fully saturated rings. The first kappa shape index (κ1) is 14.1. The van der Waals surface area contributed by atoms with Crippen molar-refractivity contribution >= 4 is 0 Å². The molecule has 0 amide bonds. The molecule has 17 heavy (non-hydrogen) atoms. The molecule has 0 saturated heterocycles. The Kier molecular flexibility index (Phi) is 5.56. The second-order valence-electron chi connectivity index (χ2n) is 4.71. The summed E-state index contributed by atoms with van der Waals surface area (Å²) in [5, 5.41) is 2.83. The molecule has 0 aliphatic carbocycles. The van der Waals surface area contributed by atoms with Crippen molar-refractivity contribution in [3.05, 3.63) is 35.4 Å². The predicted molar refractivity (Wildman–Crippen MR) is 67.4 cm³/mol. The third-order valence-corrected chi connectivity index (χ3v) is 2.63. The van der Waals surface area contributed by atoms with E-state index < -0.39 is 12.5 Å². The fraction of sp³-hybridized carbons (Fsp3) is 0.571. The van der Waals surface area contributed by atoms with Gasteiger partial charge < -0.3 is 5.32 Å². The lowest BCUT2D eigenvalue weighted by Gasteiger charge is -2.18. The lowest BCUT2D eigenvalue weighted by Crippen LogP contribution is -2.27. The smallest absolute Gasteiger partial charge is 0.257 e. The van der Waals surface area contributed by atoms with E-state index in [1.54, 1.807) is 6.07 Å². The van der Waals surface area contributed by atoms with Crippen molar-refractivity contribution in [2.24, 2.45) is 5.92 Å². The van der Waals surface area contributed by atoms with Crippen LogP contribution in [0.5, 0.6) is 0 Å². The third kappa shape index (κ3) is 4.43. The predicted octanol–water partition coefficient (Wildman–Crippen LogP) is 3.80. The van der Waals surface area contributed by atoms with Gasteiger partial charge in [0.2, 0.25) is 0 Å². The molecule has 0 radical (unpaired) electrons. The van der Waals surface area contributed by atoms with Crippen molar-refractivity contribution in [1.82, 2.24) is 5.32 Å². The minimum Gasteiger partial charge on any atom is -0.306 e. The van der Waals surface area contributed by atoms with E-state index >= 15 is 0 Å². The molecule has 1 nitrogen and oxygen atoms in total. The van der Waals surface area contributed by atoms with Crippen LogP contribution in [-0.4, -0.2) is 13.0 Å². The number of hydrogen-bond acceptors (Lipinski definition) is 1. The van der Waals surface area contributed by atoms with Gasteiger partial charge in [0.05, 0.1) is 6.04 Å².